The van der Waals surface area contributed by atoms with Crippen LogP contribution in [-0.4, -0.2) is 17.4 Å². The predicted molar refractivity (Wildman–Crippen MR) is 149 cm³/mol. The maximum atomic E-state index is 10.2. The first-order chi connectivity index (χ1) is 16.6. The zero-order valence-corrected chi connectivity index (χ0v) is 22.5. The maximum absolute atomic E-state index is 10.2. The van der Waals surface area contributed by atoms with Gasteiger partial charge in [-0.15, -0.1) is 11.8 Å². The minimum Gasteiger partial charge on any atom is -0.497 e. The number of methoxy groups -OCH3 is 1. The van der Waals surface area contributed by atoms with Gasteiger partial charge in [-0.25, -0.2) is 4.99 Å². The van der Waals surface area contributed by atoms with Gasteiger partial charge in [0.25, 0.3) is 0 Å². The molecule has 0 saturated carbocycles. The summed E-state index contributed by atoms with van der Waals surface area (Å²) >= 11 is 3.42. The van der Waals surface area contributed by atoms with Crippen LogP contribution in [0, 0.1) is 11.3 Å². The molecule has 2 aliphatic heterocycles. The molecule has 0 bridgehead atoms. The molecule has 1 atom stereocenters. The van der Waals surface area contributed by atoms with Crippen LogP contribution >= 0.6 is 23.5 Å². The number of nitrogens with one attached hydrogen (secondary N) is 1. The first kappa shape index (κ1) is 26.2. The SMILES string of the molecule is CC.COc1ccc(NC2=C(C#N)/C(=C(/C)C3CC=CS3)C(=NC3=C(C)CCCCC3)S2)cc1. The molecule has 0 aromatic heterocycles. The highest BCUT2D eigenvalue weighted by atomic mass is 32.2. The molecule has 1 aromatic carbocycles. The molecule has 0 amide bonds. The fourth-order valence-electron chi connectivity index (χ4n) is 4.18. The molecule has 0 spiro atoms. The first-order valence-corrected chi connectivity index (χ1v) is 13.9. The number of allylic oxidation sites excluding steroid dienone is 4. The number of nitriles is 1. The van der Waals surface area contributed by atoms with Crippen LogP contribution in [0.4, 0.5) is 5.69 Å². The molecule has 4 rings (SSSR count). The number of benzene rings is 1. The topological polar surface area (TPSA) is 57.4 Å². The van der Waals surface area contributed by atoms with Crippen molar-refractivity contribution in [2.45, 2.75) is 71.5 Å². The van der Waals surface area contributed by atoms with Crippen LogP contribution < -0.4 is 10.1 Å². The standard InChI is InChI=1S/C26H29N3OS2.C2H6/c1-17-8-5-4-6-9-22(17)29-26-24(18(2)23-10-7-15-31-23)21(16-27)25(32-26)28-19-11-13-20(30-3)14-12-19;1-2/h7,11-15,23,28H,4-6,8-10H2,1-3H3;1-2H3/b24-18+,29-26?;. The van der Waals surface area contributed by atoms with Crippen molar-refractivity contribution in [2.24, 2.45) is 4.99 Å². The molecule has 1 unspecified atom stereocenters. The highest BCUT2D eigenvalue weighted by molar-refractivity contribution is 8.18. The molecule has 3 aliphatic rings. The molecule has 2 heterocycles. The summed E-state index contributed by atoms with van der Waals surface area (Å²) in [6.07, 6.45) is 9.03. The fourth-order valence-corrected chi connectivity index (χ4v) is 6.27. The van der Waals surface area contributed by atoms with Crippen molar-refractivity contribution in [3.8, 4) is 11.8 Å². The number of aliphatic imine (C=N–C) groups is 1. The van der Waals surface area contributed by atoms with Gasteiger partial charge < -0.3 is 10.1 Å². The monoisotopic (exact) mass is 493 g/mol. The lowest BCUT2D eigenvalue weighted by atomic mass is 9.99. The molecular formula is C28H35N3OS2. The summed E-state index contributed by atoms with van der Waals surface area (Å²) in [5.74, 6) is 0.810. The molecule has 6 heteroatoms. The van der Waals surface area contributed by atoms with Gasteiger partial charge in [-0.2, -0.15) is 5.26 Å². The summed E-state index contributed by atoms with van der Waals surface area (Å²) < 4.78 is 5.27. The van der Waals surface area contributed by atoms with E-state index in [1.807, 2.05) is 49.9 Å². The maximum Gasteiger partial charge on any atom is 0.119 e. The number of thioether (sulfide) groups is 2. The lowest BCUT2D eigenvalue weighted by Gasteiger charge is -2.14. The molecule has 0 saturated heterocycles. The van der Waals surface area contributed by atoms with Gasteiger partial charge in [-0.05, 0) is 81.2 Å². The third-order valence-electron chi connectivity index (χ3n) is 6.11. The van der Waals surface area contributed by atoms with Crippen LogP contribution in [0.3, 0.4) is 0 Å². The third-order valence-corrected chi connectivity index (χ3v) is 8.33. The van der Waals surface area contributed by atoms with Crippen molar-refractivity contribution >= 4 is 34.3 Å². The Morgan fingerprint density at radius 3 is 2.53 bits per heavy atom. The summed E-state index contributed by atoms with van der Waals surface area (Å²) in [6.45, 7) is 8.38. The smallest absolute Gasteiger partial charge is 0.119 e. The van der Waals surface area contributed by atoms with Crippen LogP contribution in [0.5, 0.6) is 5.75 Å². The van der Waals surface area contributed by atoms with Crippen LogP contribution in [0.25, 0.3) is 0 Å². The Bertz CT molecular complexity index is 1060. The van der Waals surface area contributed by atoms with Crippen LogP contribution in [-0.2, 0) is 0 Å². The Labute approximate surface area is 213 Å². The van der Waals surface area contributed by atoms with Gasteiger partial charge in [-0.3, -0.25) is 0 Å². The van der Waals surface area contributed by atoms with Gasteiger partial charge in [0.15, 0.2) is 0 Å². The third kappa shape index (κ3) is 6.20. The van der Waals surface area contributed by atoms with E-state index in [0.29, 0.717) is 10.8 Å². The van der Waals surface area contributed by atoms with E-state index in [4.69, 9.17) is 9.73 Å². The first-order valence-electron chi connectivity index (χ1n) is 12.1. The van der Waals surface area contributed by atoms with Crippen molar-refractivity contribution in [2.75, 3.05) is 12.4 Å². The van der Waals surface area contributed by atoms with E-state index in [0.717, 1.165) is 46.3 Å². The minimum atomic E-state index is 0.365. The quantitative estimate of drug-likeness (QED) is 0.445. The lowest BCUT2D eigenvalue weighted by molar-refractivity contribution is 0.415. The normalized spacial score (nSPS) is 22.8. The molecule has 0 radical (unpaired) electrons. The molecule has 4 nitrogen and oxygen atoms in total. The molecule has 1 aromatic rings. The average Bonchev–Trinajstić information content (AvgIpc) is 3.47. The summed E-state index contributed by atoms with van der Waals surface area (Å²) in [7, 11) is 1.66. The Hall–Kier alpha value is -2.36. The van der Waals surface area contributed by atoms with Gasteiger partial charge in [0.1, 0.15) is 16.9 Å². The van der Waals surface area contributed by atoms with Crippen LogP contribution in [0.1, 0.15) is 66.2 Å². The Balaban J connectivity index is 0.00000158. The van der Waals surface area contributed by atoms with Gasteiger partial charge >= 0.3 is 0 Å². The summed E-state index contributed by atoms with van der Waals surface area (Å²) in [6, 6.07) is 10.3. The van der Waals surface area contributed by atoms with Crippen LogP contribution in [0.2, 0.25) is 0 Å². The Kier molecular flexibility index (Phi) is 9.98. The number of ether oxygens (including phenoxy) is 1. The highest BCUT2D eigenvalue weighted by Crippen LogP contribution is 2.44. The average molecular weight is 494 g/mol. The Morgan fingerprint density at radius 1 is 1.15 bits per heavy atom. The number of nitrogens with zero attached hydrogens (tertiary/aromatic N) is 2. The fraction of sp³-hybridized carbons (Fsp3) is 0.429. The van der Waals surface area contributed by atoms with Crippen LogP contribution in [0.15, 0.2) is 73.8 Å². The zero-order chi connectivity index (χ0) is 24.5. The predicted octanol–water partition coefficient (Wildman–Crippen LogP) is 8.59. The number of rotatable bonds is 5. The van der Waals surface area contributed by atoms with Crippen molar-refractivity contribution in [1.29, 1.82) is 5.26 Å². The van der Waals surface area contributed by atoms with Crippen molar-refractivity contribution < 1.29 is 4.74 Å². The summed E-state index contributed by atoms with van der Waals surface area (Å²) in [5, 5.41) is 18.0. The van der Waals surface area contributed by atoms with Gasteiger partial charge in [0, 0.05) is 22.2 Å². The lowest BCUT2D eigenvalue weighted by Crippen LogP contribution is -2.08. The second kappa shape index (κ2) is 12.9. The zero-order valence-electron chi connectivity index (χ0n) is 20.9. The summed E-state index contributed by atoms with van der Waals surface area (Å²) in [4.78, 5) is 5.19. The molecular weight excluding hydrogens is 458 g/mol. The van der Waals surface area contributed by atoms with Crippen molar-refractivity contribution in [3.05, 3.63) is 68.8 Å². The molecule has 34 heavy (non-hydrogen) atoms. The van der Waals surface area contributed by atoms with Gasteiger partial charge in [-0.1, -0.05) is 43.7 Å². The van der Waals surface area contributed by atoms with E-state index >= 15 is 0 Å². The largest absolute Gasteiger partial charge is 0.497 e. The van der Waals surface area contributed by atoms with E-state index in [-0.39, 0.29) is 0 Å². The minimum absolute atomic E-state index is 0.365. The molecule has 0 fully saturated rings. The van der Waals surface area contributed by atoms with E-state index in [1.165, 1.54) is 36.1 Å². The molecule has 1 aliphatic carbocycles. The number of hydrogen-bond acceptors (Lipinski definition) is 6. The second-order valence-corrected chi connectivity index (χ2v) is 10.4. The summed E-state index contributed by atoms with van der Waals surface area (Å²) in [5.41, 5.74) is 6.47. The van der Waals surface area contributed by atoms with E-state index in [2.05, 4.69) is 36.7 Å². The van der Waals surface area contributed by atoms with Crippen molar-refractivity contribution in [1.82, 2.24) is 0 Å². The van der Waals surface area contributed by atoms with Gasteiger partial charge in [0.05, 0.1) is 17.7 Å². The Morgan fingerprint density at radius 2 is 1.88 bits per heavy atom. The van der Waals surface area contributed by atoms with E-state index < -0.39 is 0 Å². The number of hydrogen-bond donors (Lipinski definition) is 1. The second-order valence-electron chi connectivity index (χ2n) is 8.27. The molecule has 1 N–H and O–H groups in total. The van der Waals surface area contributed by atoms with Gasteiger partial charge in [0.2, 0.25) is 0 Å². The van der Waals surface area contributed by atoms with E-state index in [9.17, 15) is 5.26 Å². The molecule has 180 valence electrons. The highest BCUT2D eigenvalue weighted by Gasteiger charge is 2.32. The van der Waals surface area contributed by atoms with E-state index in [1.54, 1.807) is 18.9 Å². The van der Waals surface area contributed by atoms with Crippen molar-refractivity contribution in [3.63, 3.8) is 0 Å². The number of anilines is 1.